The van der Waals surface area contributed by atoms with Crippen molar-refractivity contribution >= 4 is 0 Å². The van der Waals surface area contributed by atoms with Gasteiger partial charge in [0.2, 0.25) is 0 Å². The van der Waals surface area contributed by atoms with Gasteiger partial charge in [-0.3, -0.25) is 9.80 Å². The summed E-state index contributed by atoms with van der Waals surface area (Å²) in [5.41, 5.74) is 2.96. The van der Waals surface area contributed by atoms with Crippen molar-refractivity contribution in [3.8, 4) is 0 Å². The van der Waals surface area contributed by atoms with Crippen molar-refractivity contribution in [2.24, 2.45) is 0 Å². The summed E-state index contributed by atoms with van der Waals surface area (Å²) >= 11 is 0. The lowest BCUT2D eigenvalue weighted by Crippen LogP contribution is -2.34. The van der Waals surface area contributed by atoms with E-state index in [2.05, 4.69) is 106 Å². The first-order chi connectivity index (χ1) is 17.7. The Morgan fingerprint density at radius 1 is 0.722 bits per heavy atom. The van der Waals surface area contributed by atoms with Crippen LogP contribution in [0.1, 0.15) is 87.4 Å². The van der Waals surface area contributed by atoms with Crippen molar-refractivity contribution < 1.29 is 9.13 Å². The Hall–Kier alpha value is -2.30. The minimum atomic E-state index is 0.612. The molecule has 0 amide bonds. The van der Waals surface area contributed by atoms with Crippen LogP contribution >= 0.6 is 0 Å². The van der Waals surface area contributed by atoms with Gasteiger partial charge in [-0.1, -0.05) is 24.3 Å². The topological polar surface area (TPSA) is 14.2 Å². The van der Waals surface area contributed by atoms with Crippen molar-refractivity contribution in [2.45, 2.75) is 89.4 Å². The van der Waals surface area contributed by atoms with E-state index in [9.17, 15) is 0 Å². The predicted octanol–water partition coefficient (Wildman–Crippen LogP) is 5.95. The van der Waals surface area contributed by atoms with Crippen molar-refractivity contribution in [2.75, 3.05) is 27.2 Å². The Balaban J connectivity index is 1.05. The highest BCUT2D eigenvalue weighted by molar-refractivity contribution is 5.13. The summed E-state index contributed by atoms with van der Waals surface area (Å²) in [5.74, 6) is 0. The monoisotopic (exact) mass is 488 g/mol. The van der Waals surface area contributed by atoms with Crippen LogP contribution in [0.5, 0.6) is 0 Å². The molecular formula is C32H48N4+2. The molecular weight excluding hydrogens is 440 g/mol. The number of nitrogens with zero attached hydrogens (tertiary/aromatic N) is 4. The third-order valence-corrected chi connectivity index (χ3v) is 8.03. The lowest BCUT2D eigenvalue weighted by Gasteiger charge is -2.18. The molecule has 0 unspecified atom stereocenters. The first-order valence-electron chi connectivity index (χ1n) is 14.4. The van der Waals surface area contributed by atoms with E-state index in [1.165, 1.54) is 88.4 Å². The molecule has 4 heterocycles. The smallest absolute Gasteiger partial charge is 0.173 e. The number of aryl methyl sites for hydroxylation is 2. The van der Waals surface area contributed by atoms with Crippen LogP contribution in [-0.4, -0.2) is 37.0 Å². The average molecular weight is 489 g/mol. The summed E-state index contributed by atoms with van der Waals surface area (Å²) < 4.78 is 4.76. The Morgan fingerprint density at radius 3 is 1.61 bits per heavy atom. The fourth-order valence-electron chi connectivity index (χ4n) is 5.88. The average Bonchev–Trinajstić information content (AvgIpc) is 3.53. The highest BCUT2D eigenvalue weighted by Gasteiger charge is 2.25. The van der Waals surface area contributed by atoms with Crippen LogP contribution in [0.3, 0.4) is 0 Å². The van der Waals surface area contributed by atoms with Gasteiger partial charge < -0.3 is 0 Å². The summed E-state index contributed by atoms with van der Waals surface area (Å²) in [5, 5.41) is 0. The van der Waals surface area contributed by atoms with E-state index >= 15 is 0 Å². The fraction of sp³-hybridized carbons (Fsp3) is 0.562. The Kier molecular flexibility index (Phi) is 10.7. The molecule has 0 N–H and O–H groups in total. The molecule has 2 saturated heterocycles. The maximum Gasteiger partial charge on any atom is 0.173 e. The molecule has 2 fully saturated rings. The van der Waals surface area contributed by atoms with Crippen molar-refractivity contribution in [1.82, 2.24) is 9.80 Å². The molecule has 2 atom stereocenters. The first kappa shape index (κ1) is 26.8. The third-order valence-electron chi connectivity index (χ3n) is 8.03. The molecule has 194 valence electrons. The standard InChI is InChI=1S/C32H48N4/c1-33-21-15-19-31(33)29-17-13-25-35(27-29)23-11-9-7-5-3-4-6-8-10-12-24-36-26-14-18-30(28-36)32-20-16-22-34(32)2/h3-6,13-14,17-18,25-28,31-32H,7-12,15-16,19-24H2,1-2H3/q+2/b5-3-,6-4-/t31-,32-/m0/s1. The third kappa shape index (κ3) is 8.11. The summed E-state index contributed by atoms with van der Waals surface area (Å²) in [6, 6.07) is 10.3. The Morgan fingerprint density at radius 2 is 1.19 bits per heavy atom. The summed E-state index contributed by atoms with van der Waals surface area (Å²) in [6.07, 6.45) is 30.8. The maximum atomic E-state index is 2.49. The fourth-order valence-corrected chi connectivity index (χ4v) is 5.88. The van der Waals surface area contributed by atoms with Crippen LogP contribution in [0.2, 0.25) is 0 Å². The number of likely N-dealkylation sites (tertiary alicyclic amines) is 2. The van der Waals surface area contributed by atoms with Gasteiger partial charge in [-0.25, -0.2) is 9.13 Å². The molecule has 0 aromatic carbocycles. The molecule has 4 rings (SSSR count). The SMILES string of the molecule is CN1CCC[C@H]1c1ccc[n+](CCCC/C=C\C=C/CCCC[n+]2cccc([C@@H]3CCCN3C)c2)c1. The summed E-state index contributed by atoms with van der Waals surface area (Å²) in [4.78, 5) is 4.98. The van der Waals surface area contributed by atoms with Gasteiger partial charge in [-0.2, -0.15) is 0 Å². The Labute approximate surface area is 220 Å². The first-order valence-corrected chi connectivity index (χ1v) is 14.4. The second kappa shape index (κ2) is 14.4. The van der Waals surface area contributed by atoms with Crippen LogP contribution in [0.25, 0.3) is 0 Å². The molecule has 0 saturated carbocycles. The molecule has 2 aromatic rings. The van der Waals surface area contributed by atoms with Crippen LogP contribution in [0.15, 0.2) is 73.4 Å². The molecule has 2 aliphatic heterocycles. The maximum absolute atomic E-state index is 2.49. The largest absolute Gasteiger partial charge is 0.299 e. The van der Waals surface area contributed by atoms with Crippen molar-refractivity contribution in [1.29, 1.82) is 0 Å². The molecule has 0 radical (unpaired) electrons. The van der Waals surface area contributed by atoms with Crippen LogP contribution in [0, 0.1) is 0 Å². The predicted molar refractivity (Wildman–Crippen MR) is 148 cm³/mol. The number of hydrogen-bond acceptors (Lipinski definition) is 2. The van der Waals surface area contributed by atoms with Crippen LogP contribution in [-0.2, 0) is 13.1 Å². The van der Waals surface area contributed by atoms with Gasteiger partial charge >= 0.3 is 0 Å². The van der Waals surface area contributed by atoms with E-state index in [0.29, 0.717) is 12.1 Å². The molecule has 0 bridgehead atoms. The lowest BCUT2D eigenvalue weighted by atomic mass is 10.1. The van der Waals surface area contributed by atoms with E-state index < -0.39 is 0 Å². The highest BCUT2D eigenvalue weighted by Crippen LogP contribution is 2.30. The number of pyridine rings is 2. The van der Waals surface area contributed by atoms with Gasteiger partial charge in [0.15, 0.2) is 24.8 Å². The molecule has 0 spiro atoms. The number of aromatic nitrogens is 2. The zero-order valence-corrected chi connectivity index (χ0v) is 22.8. The van der Waals surface area contributed by atoms with Crippen LogP contribution < -0.4 is 9.13 Å². The van der Waals surface area contributed by atoms with E-state index in [1.54, 1.807) is 0 Å². The van der Waals surface area contributed by atoms with E-state index in [-0.39, 0.29) is 0 Å². The van der Waals surface area contributed by atoms with E-state index in [1.807, 2.05) is 0 Å². The van der Waals surface area contributed by atoms with Gasteiger partial charge in [0.1, 0.15) is 13.1 Å². The summed E-state index contributed by atoms with van der Waals surface area (Å²) in [7, 11) is 4.51. The number of allylic oxidation sites excluding steroid dienone is 4. The summed E-state index contributed by atoms with van der Waals surface area (Å²) in [6.45, 7) is 4.69. The number of hydrogen-bond donors (Lipinski definition) is 0. The van der Waals surface area contributed by atoms with Gasteiger partial charge in [-0.15, -0.1) is 0 Å². The van der Waals surface area contributed by atoms with Crippen LogP contribution in [0.4, 0.5) is 0 Å². The number of unbranched alkanes of at least 4 members (excludes halogenated alkanes) is 4. The number of rotatable bonds is 13. The quantitative estimate of drug-likeness (QED) is 0.197. The normalized spacial score (nSPS) is 21.4. The second-order valence-electron chi connectivity index (χ2n) is 10.9. The minimum absolute atomic E-state index is 0.612. The second-order valence-corrected chi connectivity index (χ2v) is 10.9. The molecule has 4 heteroatoms. The van der Waals surface area contributed by atoms with E-state index in [0.717, 1.165) is 13.1 Å². The molecule has 2 aromatic heterocycles. The van der Waals surface area contributed by atoms with Gasteiger partial charge in [0.05, 0.1) is 0 Å². The van der Waals surface area contributed by atoms with E-state index in [4.69, 9.17) is 0 Å². The molecule has 4 nitrogen and oxygen atoms in total. The van der Waals surface area contributed by atoms with Crippen molar-refractivity contribution in [3.05, 3.63) is 84.5 Å². The molecule has 0 aliphatic carbocycles. The van der Waals surface area contributed by atoms with Gasteiger partial charge in [-0.05, 0) is 90.7 Å². The molecule has 36 heavy (non-hydrogen) atoms. The van der Waals surface area contributed by atoms with Crippen molar-refractivity contribution in [3.63, 3.8) is 0 Å². The zero-order valence-electron chi connectivity index (χ0n) is 22.8. The lowest BCUT2D eigenvalue weighted by molar-refractivity contribution is -0.698. The zero-order chi connectivity index (χ0) is 25.0. The molecule has 2 aliphatic rings. The Bertz CT molecular complexity index is 902. The van der Waals surface area contributed by atoms with Gasteiger partial charge in [0.25, 0.3) is 0 Å². The highest BCUT2D eigenvalue weighted by atomic mass is 15.2. The van der Waals surface area contributed by atoms with Gasteiger partial charge in [0, 0.05) is 48.2 Å². The minimum Gasteiger partial charge on any atom is -0.299 e.